The average Bonchev–Trinajstić information content (AvgIpc) is 2.79. The van der Waals surface area contributed by atoms with Gasteiger partial charge in [-0.05, 0) is 56.8 Å². The Morgan fingerprint density at radius 3 is 2.48 bits per heavy atom. The fourth-order valence-corrected chi connectivity index (χ4v) is 3.42. The molecule has 0 radical (unpaired) electrons. The third kappa shape index (κ3) is 5.76. The minimum Gasteiger partial charge on any atom is -0.491 e. The van der Waals surface area contributed by atoms with E-state index in [1.54, 1.807) is 30.3 Å². The zero-order valence-electron chi connectivity index (χ0n) is 18.7. The molecule has 1 amide bonds. The number of anilines is 2. The Morgan fingerprint density at radius 2 is 1.81 bits per heavy atom. The maximum atomic E-state index is 13.0. The first-order valence-electron chi connectivity index (χ1n) is 10.6. The summed E-state index contributed by atoms with van der Waals surface area (Å²) in [5.74, 6) is -0.0408. The molecule has 2 aromatic carbocycles. The van der Waals surface area contributed by atoms with Crippen molar-refractivity contribution in [1.82, 2.24) is 4.90 Å². The maximum Gasteiger partial charge on any atom is 0.337 e. The van der Waals surface area contributed by atoms with E-state index in [9.17, 15) is 9.59 Å². The van der Waals surface area contributed by atoms with Crippen LogP contribution in [0, 0.1) is 0 Å². The van der Waals surface area contributed by atoms with Gasteiger partial charge < -0.3 is 24.6 Å². The van der Waals surface area contributed by atoms with Crippen LogP contribution in [0.1, 0.15) is 41.0 Å². The molecule has 1 N–H and O–H groups in total. The number of hydrogen-bond donors (Lipinski definition) is 1. The Hall–Kier alpha value is -3.06. The highest BCUT2D eigenvalue weighted by atomic mass is 16.5. The number of esters is 1. The molecule has 1 aliphatic heterocycles. The Labute approximate surface area is 183 Å². The van der Waals surface area contributed by atoms with E-state index >= 15 is 0 Å². The van der Waals surface area contributed by atoms with E-state index in [1.807, 2.05) is 19.1 Å². The number of carbonyl (C=O) groups is 2. The van der Waals surface area contributed by atoms with Gasteiger partial charge in [-0.3, -0.25) is 4.79 Å². The molecule has 1 saturated heterocycles. The van der Waals surface area contributed by atoms with Crippen molar-refractivity contribution < 1.29 is 19.1 Å². The number of ether oxygens (including phenoxy) is 2. The number of nitrogens with zero attached hydrogens (tertiary/aromatic N) is 2. The molecule has 0 spiro atoms. The van der Waals surface area contributed by atoms with Crippen molar-refractivity contribution in [2.75, 3.05) is 50.6 Å². The van der Waals surface area contributed by atoms with E-state index in [-0.39, 0.29) is 12.0 Å². The first kappa shape index (κ1) is 22.6. The molecule has 0 aromatic heterocycles. The molecule has 3 rings (SSSR count). The number of carbonyl (C=O) groups excluding carboxylic acids is 2. The van der Waals surface area contributed by atoms with Crippen LogP contribution in [-0.2, 0) is 4.74 Å². The predicted molar refractivity (Wildman–Crippen MR) is 122 cm³/mol. The highest BCUT2D eigenvalue weighted by Gasteiger charge is 2.20. The summed E-state index contributed by atoms with van der Waals surface area (Å²) in [5.41, 5.74) is 2.37. The Bertz CT molecular complexity index is 923. The van der Waals surface area contributed by atoms with Crippen molar-refractivity contribution in [2.45, 2.75) is 26.4 Å². The largest absolute Gasteiger partial charge is 0.491 e. The summed E-state index contributed by atoms with van der Waals surface area (Å²) in [6.07, 6.45) is 0.948. The zero-order chi connectivity index (χ0) is 22.4. The number of amides is 1. The molecule has 1 aliphatic rings. The number of likely N-dealkylation sites (N-methyl/N-ethyl adjacent to an activating group) is 1. The highest BCUT2D eigenvalue weighted by molar-refractivity contribution is 6.07. The molecule has 1 fully saturated rings. The quantitative estimate of drug-likeness (QED) is 0.683. The van der Waals surface area contributed by atoms with E-state index in [2.05, 4.69) is 29.1 Å². The molecular weight excluding hydrogens is 394 g/mol. The lowest BCUT2D eigenvalue weighted by Gasteiger charge is -2.35. The van der Waals surface area contributed by atoms with Crippen LogP contribution in [0.4, 0.5) is 11.4 Å². The van der Waals surface area contributed by atoms with Gasteiger partial charge in [-0.25, -0.2) is 4.79 Å². The number of rotatable bonds is 7. The fraction of sp³-hybridized carbons (Fsp3) is 0.417. The van der Waals surface area contributed by atoms with Crippen molar-refractivity contribution in [1.29, 1.82) is 0 Å². The summed E-state index contributed by atoms with van der Waals surface area (Å²) in [5, 5.41) is 2.99. The van der Waals surface area contributed by atoms with Crippen LogP contribution in [0.3, 0.4) is 0 Å². The van der Waals surface area contributed by atoms with E-state index in [0.717, 1.165) is 38.3 Å². The lowest BCUT2D eigenvalue weighted by atomic mass is 10.1. The predicted octanol–water partition coefficient (Wildman–Crippen LogP) is 3.65. The molecular formula is C24H31N3O4. The Kier molecular flexibility index (Phi) is 7.52. The summed E-state index contributed by atoms with van der Waals surface area (Å²) in [7, 11) is 3.44. The average molecular weight is 426 g/mol. The van der Waals surface area contributed by atoms with Crippen molar-refractivity contribution in [3.05, 3.63) is 53.6 Å². The van der Waals surface area contributed by atoms with Crippen molar-refractivity contribution in [3.8, 4) is 5.75 Å². The van der Waals surface area contributed by atoms with Crippen LogP contribution in [0.15, 0.2) is 42.5 Å². The van der Waals surface area contributed by atoms with Crippen molar-refractivity contribution >= 4 is 23.3 Å². The van der Waals surface area contributed by atoms with E-state index < -0.39 is 5.97 Å². The van der Waals surface area contributed by atoms with Gasteiger partial charge in [-0.15, -0.1) is 0 Å². The van der Waals surface area contributed by atoms with Gasteiger partial charge in [-0.2, -0.15) is 0 Å². The summed E-state index contributed by atoms with van der Waals surface area (Å²) >= 11 is 0. The Balaban J connectivity index is 1.87. The summed E-state index contributed by atoms with van der Waals surface area (Å²) in [4.78, 5) is 29.6. The van der Waals surface area contributed by atoms with Crippen LogP contribution in [0.25, 0.3) is 0 Å². The molecule has 0 aliphatic carbocycles. The van der Waals surface area contributed by atoms with Gasteiger partial charge in [0.15, 0.2) is 0 Å². The number of benzene rings is 2. The first-order valence-corrected chi connectivity index (χ1v) is 10.6. The molecule has 166 valence electrons. The third-order valence-corrected chi connectivity index (χ3v) is 5.52. The van der Waals surface area contributed by atoms with Crippen LogP contribution in [0.5, 0.6) is 5.75 Å². The van der Waals surface area contributed by atoms with Gasteiger partial charge in [-0.1, -0.05) is 13.0 Å². The number of piperazine rings is 1. The van der Waals surface area contributed by atoms with Crippen molar-refractivity contribution in [3.63, 3.8) is 0 Å². The van der Waals surface area contributed by atoms with Gasteiger partial charge in [0.25, 0.3) is 5.91 Å². The highest BCUT2D eigenvalue weighted by Crippen LogP contribution is 2.29. The van der Waals surface area contributed by atoms with Gasteiger partial charge >= 0.3 is 5.97 Å². The molecule has 2 aromatic rings. The summed E-state index contributed by atoms with van der Waals surface area (Å²) < 4.78 is 10.7. The molecule has 1 heterocycles. The van der Waals surface area contributed by atoms with Crippen LogP contribution >= 0.6 is 0 Å². The molecule has 7 nitrogen and oxygen atoms in total. The lowest BCUT2D eigenvalue weighted by molar-refractivity contribution is 0.0600. The monoisotopic (exact) mass is 425 g/mol. The van der Waals surface area contributed by atoms with E-state index in [4.69, 9.17) is 9.47 Å². The molecule has 0 bridgehead atoms. The first-order chi connectivity index (χ1) is 14.9. The molecule has 7 heteroatoms. The number of hydrogen-bond acceptors (Lipinski definition) is 6. The zero-order valence-corrected chi connectivity index (χ0v) is 18.7. The normalized spacial score (nSPS) is 15.3. The lowest BCUT2D eigenvalue weighted by Crippen LogP contribution is -2.44. The fourth-order valence-electron chi connectivity index (χ4n) is 3.42. The summed E-state index contributed by atoms with van der Waals surface area (Å²) in [6, 6.07) is 12.4. The van der Waals surface area contributed by atoms with Gasteiger partial charge in [0.05, 0.1) is 30.2 Å². The number of methoxy groups -OCH3 is 1. The second kappa shape index (κ2) is 10.3. The van der Waals surface area contributed by atoms with Crippen LogP contribution in [-0.4, -0.2) is 63.2 Å². The van der Waals surface area contributed by atoms with E-state index in [1.165, 1.54) is 7.11 Å². The van der Waals surface area contributed by atoms with Crippen LogP contribution in [0.2, 0.25) is 0 Å². The SMILES string of the molecule is CC[C@H](C)Oc1cccc(C(=O)Nc2cc(C(=O)OC)ccc2N2CCN(C)CC2)c1. The maximum absolute atomic E-state index is 13.0. The minimum absolute atomic E-state index is 0.0684. The molecule has 31 heavy (non-hydrogen) atoms. The molecule has 0 unspecified atom stereocenters. The molecule has 0 saturated carbocycles. The standard InChI is InChI=1S/C24H31N3O4/c1-5-17(2)31-20-8-6-7-18(15-20)23(28)25-21-16-19(24(29)30-4)9-10-22(21)27-13-11-26(3)12-14-27/h6-10,15-17H,5,11-14H2,1-4H3,(H,25,28)/t17-/m0/s1. The van der Waals surface area contributed by atoms with Gasteiger partial charge in [0.1, 0.15) is 5.75 Å². The molecule has 1 atom stereocenters. The second-order valence-corrected chi connectivity index (χ2v) is 7.83. The smallest absolute Gasteiger partial charge is 0.337 e. The Morgan fingerprint density at radius 1 is 1.06 bits per heavy atom. The summed E-state index contributed by atoms with van der Waals surface area (Å²) in [6.45, 7) is 7.59. The van der Waals surface area contributed by atoms with E-state index in [0.29, 0.717) is 22.6 Å². The number of nitrogens with one attached hydrogen (secondary N) is 1. The van der Waals surface area contributed by atoms with Gasteiger partial charge in [0.2, 0.25) is 0 Å². The van der Waals surface area contributed by atoms with Crippen molar-refractivity contribution in [2.24, 2.45) is 0 Å². The van der Waals surface area contributed by atoms with Gasteiger partial charge in [0, 0.05) is 31.7 Å². The third-order valence-electron chi connectivity index (χ3n) is 5.52. The topological polar surface area (TPSA) is 71.1 Å². The second-order valence-electron chi connectivity index (χ2n) is 7.83. The minimum atomic E-state index is -0.440. The van der Waals surface area contributed by atoms with Crippen LogP contribution < -0.4 is 15.0 Å².